The molecule has 1 aromatic rings. The Hall–Kier alpha value is -0.460. The van der Waals surface area contributed by atoms with Crippen LogP contribution in [-0.4, -0.2) is 13.4 Å². The van der Waals surface area contributed by atoms with E-state index in [0.717, 1.165) is 12.1 Å². The molecule has 14 heavy (non-hydrogen) atoms. The molecule has 1 heterocycles. The fourth-order valence-corrected chi connectivity index (χ4v) is 1.70. The van der Waals surface area contributed by atoms with Gasteiger partial charge >= 0.3 is 0 Å². The largest absolute Gasteiger partial charge is 0.278 e. The van der Waals surface area contributed by atoms with E-state index in [1.807, 2.05) is 0 Å². The van der Waals surface area contributed by atoms with Crippen molar-refractivity contribution in [2.75, 3.05) is 0 Å². The minimum atomic E-state index is -4.04. The van der Waals surface area contributed by atoms with Crippen LogP contribution in [0, 0.1) is 0 Å². The Morgan fingerprint density at radius 2 is 1.93 bits per heavy atom. The number of pyridine rings is 1. The fraction of sp³-hybridized carbons (Fsp3) is 0.167. The number of alkyl halides is 2. The number of halogens is 4. The Labute approximate surface area is 88.1 Å². The van der Waals surface area contributed by atoms with E-state index in [1.54, 1.807) is 0 Å². The first kappa shape index (κ1) is 11.6. The van der Waals surface area contributed by atoms with Gasteiger partial charge in [-0.2, -0.15) is 0 Å². The Morgan fingerprint density at radius 3 is 2.29 bits per heavy atom. The molecule has 0 aliphatic heterocycles. The summed E-state index contributed by atoms with van der Waals surface area (Å²) in [6, 6.07) is 1.74. The second-order valence-electron chi connectivity index (χ2n) is 2.27. The molecule has 0 aromatic carbocycles. The molecule has 0 saturated heterocycles. The van der Waals surface area contributed by atoms with Gasteiger partial charge in [0.1, 0.15) is 5.15 Å². The molecular formula is C6H3Cl2F2NO2S. The summed E-state index contributed by atoms with van der Waals surface area (Å²) in [5.41, 5.74) is -0.532. The Balaban J connectivity index is 3.27. The maximum absolute atomic E-state index is 12.1. The summed E-state index contributed by atoms with van der Waals surface area (Å²) in [4.78, 5) is 3.23. The molecule has 0 saturated carbocycles. The van der Waals surface area contributed by atoms with Gasteiger partial charge in [-0.25, -0.2) is 22.2 Å². The fourth-order valence-electron chi connectivity index (χ4n) is 0.727. The molecule has 1 rings (SSSR count). The summed E-state index contributed by atoms with van der Waals surface area (Å²) in [7, 11) is 0.890. The van der Waals surface area contributed by atoms with Gasteiger partial charge in [0, 0.05) is 10.7 Å². The zero-order valence-corrected chi connectivity index (χ0v) is 8.74. The first-order chi connectivity index (χ1) is 6.32. The molecule has 8 heteroatoms. The van der Waals surface area contributed by atoms with E-state index in [-0.39, 0.29) is 0 Å². The van der Waals surface area contributed by atoms with Crippen LogP contribution in [0.15, 0.2) is 17.2 Å². The van der Waals surface area contributed by atoms with E-state index in [2.05, 4.69) is 4.98 Å². The monoisotopic (exact) mass is 261 g/mol. The van der Waals surface area contributed by atoms with Gasteiger partial charge in [-0.1, -0.05) is 11.6 Å². The standard InChI is InChI=1S/C6H3Cl2F2NO2S/c7-5-3(6(9)10)1-2-4(11-5)14(8,12)13/h1-2,6H. The normalized spacial score (nSPS) is 12.1. The van der Waals surface area contributed by atoms with Crippen molar-refractivity contribution >= 4 is 31.3 Å². The van der Waals surface area contributed by atoms with Crippen molar-refractivity contribution in [1.82, 2.24) is 4.98 Å². The third-order valence-electron chi connectivity index (χ3n) is 1.34. The number of hydrogen-bond acceptors (Lipinski definition) is 3. The van der Waals surface area contributed by atoms with Crippen LogP contribution in [0.4, 0.5) is 8.78 Å². The first-order valence-corrected chi connectivity index (χ1v) is 5.90. The van der Waals surface area contributed by atoms with E-state index in [9.17, 15) is 17.2 Å². The quantitative estimate of drug-likeness (QED) is 0.608. The van der Waals surface area contributed by atoms with Crippen molar-refractivity contribution in [1.29, 1.82) is 0 Å². The molecule has 78 valence electrons. The van der Waals surface area contributed by atoms with E-state index in [4.69, 9.17) is 22.3 Å². The van der Waals surface area contributed by atoms with E-state index in [1.165, 1.54) is 0 Å². The van der Waals surface area contributed by atoms with Gasteiger partial charge in [-0.3, -0.25) is 0 Å². The topological polar surface area (TPSA) is 47.0 Å². The molecule has 0 spiro atoms. The lowest BCUT2D eigenvalue weighted by molar-refractivity contribution is 0.151. The number of hydrogen-bond donors (Lipinski definition) is 0. The summed E-state index contributed by atoms with van der Waals surface area (Å²) in [6.07, 6.45) is -2.80. The lowest BCUT2D eigenvalue weighted by Crippen LogP contribution is -1.98. The third kappa shape index (κ3) is 2.52. The summed E-state index contributed by atoms with van der Waals surface area (Å²) in [6.45, 7) is 0. The Bertz CT molecular complexity index is 449. The lowest BCUT2D eigenvalue weighted by atomic mass is 10.3. The molecule has 0 N–H and O–H groups in total. The minimum Gasteiger partial charge on any atom is -0.223 e. The summed E-state index contributed by atoms with van der Waals surface area (Å²) in [5, 5.41) is -1.12. The first-order valence-electron chi connectivity index (χ1n) is 3.21. The van der Waals surface area contributed by atoms with Crippen molar-refractivity contribution in [3.8, 4) is 0 Å². The SMILES string of the molecule is O=S(=O)(Cl)c1ccc(C(F)F)c(Cl)n1. The molecule has 0 radical (unpaired) electrons. The van der Waals surface area contributed by atoms with Crippen LogP contribution in [0.25, 0.3) is 0 Å². The molecule has 0 atom stereocenters. The van der Waals surface area contributed by atoms with Gasteiger partial charge < -0.3 is 0 Å². The van der Waals surface area contributed by atoms with Crippen LogP contribution in [0.1, 0.15) is 12.0 Å². The van der Waals surface area contributed by atoms with Crippen molar-refractivity contribution in [3.05, 3.63) is 22.8 Å². The summed E-state index contributed by atoms with van der Waals surface area (Å²) < 4.78 is 45.7. The average molecular weight is 262 g/mol. The van der Waals surface area contributed by atoms with Crippen LogP contribution in [-0.2, 0) is 9.05 Å². The van der Waals surface area contributed by atoms with Gasteiger partial charge in [0.25, 0.3) is 15.5 Å². The zero-order valence-electron chi connectivity index (χ0n) is 6.42. The smallest absolute Gasteiger partial charge is 0.223 e. The van der Waals surface area contributed by atoms with Crippen LogP contribution in [0.3, 0.4) is 0 Å². The Kier molecular flexibility index (Phi) is 3.28. The maximum atomic E-state index is 12.1. The van der Waals surface area contributed by atoms with Crippen molar-refractivity contribution in [2.45, 2.75) is 11.5 Å². The van der Waals surface area contributed by atoms with Gasteiger partial charge in [0.05, 0.1) is 5.56 Å². The predicted molar refractivity (Wildman–Crippen MR) is 47.2 cm³/mol. The molecule has 0 fully saturated rings. The van der Waals surface area contributed by atoms with Crippen LogP contribution < -0.4 is 0 Å². The van der Waals surface area contributed by atoms with E-state index in [0.29, 0.717) is 0 Å². The number of nitrogens with zero attached hydrogens (tertiary/aromatic N) is 1. The average Bonchev–Trinajstić information content (AvgIpc) is 2.01. The van der Waals surface area contributed by atoms with E-state index >= 15 is 0 Å². The van der Waals surface area contributed by atoms with Crippen molar-refractivity contribution in [2.24, 2.45) is 0 Å². The Morgan fingerprint density at radius 1 is 1.36 bits per heavy atom. The van der Waals surface area contributed by atoms with Crippen molar-refractivity contribution in [3.63, 3.8) is 0 Å². The van der Waals surface area contributed by atoms with Gasteiger partial charge in [0.15, 0.2) is 5.03 Å². The second kappa shape index (κ2) is 3.96. The minimum absolute atomic E-state index is 0.532. The second-order valence-corrected chi connectivity index (χ2v) is 5.14. The van der Waals surface area contributed by atoms with Crippen LogP contribution >= 0.6 is 22.3 Å². The van der Waals surface area contributed by atoms with Crippen LogP contribution in [0.2, 0.25) is 5.15 Å². The zero-order chi connectivity index (χ0) is 10.9. The summed E-state index contributed by atoms with van der Waals surface area (Å²) >= 11 is 5.32. The highest BCUT2D eigenvalue weighted by molar-refractivity contribution is 8.13. The number of aromatic nitrogens is 1. The lowest BCUT2D eigenvalue weighted by Gasteiger charge is -2.02. The highest BCUT2D eigenvalue weighted by Gasteiger charge is 2.18. The highest BCUT2D eigenvalue weighted by atomic mass is 35.7. The van der Waals surface area contributed by atoms with Gasteiger partial charge in [-0.15, -0.1) is 0 Å². The van der Waals surface area contributed by atoms with Crippen molar-refractivity contribution < 1.29 is 17.2 Å². The summed E-state index contributed by atoms with van der Waals surface area (Å²) in [5.74, 6) is 0. The molecule has 0 bridgehead atoms. The molecule has 1 aromatic heterocycles. The third-order valence-corrected chi connectivity index (χ3v) is 2.84. The molecule has 0 aliphatic carbocycles. The van der Waals surface area contributed by atoms with Crippen LogP contribution in [0.5, 0.6) is 0 Å². The van der Waals surface area contributed by atoms with Gasteiger partial charge in [0.2, 0.25) is 0 Å². The molecule has 0 aliphatic rings. The predicted octanol–water partition coefficient (Wildman–Crippen LogP) is 2.60. The maximum Gasteiger partial charge on any atom is 0.278 e. The molecule has 0 unspecified atom stereocenters. The number of rotatable bonds is 2. The van der Waals surface area contributed by atoms with E-state index < -0.39 is 31.2 Å². The molecule has 0 amide bonds. The molecule has 3 nitrogen and oxygen atoms in total. The highest BCUT2D eigenvalue weighted by Crippen LogP contribution is 2.27. The van der Waals surface area contributed by atoms with Gasteiger partial charge in [-0.05, 0) is 12.1 Å². The molecular weight excluding hydrogens is 259 g/mol.